The molecular weight excluding hydrogens is 254 g/mol. The van der Waals surface area contributed by atoms with Crippen molar-refractivity contribution in [3.63, 3.8) is 0 Å². The zero-order valence-corrected chi connectivity index (χ0v) is 12.0. The molecule has 0 radical (unpaired) electrons. The minimum atomic E-state index is -0.373. The molecule has 0 aliphatic heterocycles. The van der Waals surface area contributed by atoms with Gasteiger partial charge < -0.3 is 15.2 Å². The van der Waals surface area contributed by atoms with Crippen molar-refractivity contribution in [3.8, 4) is 5.75 Å². The van der Waals surface area contributed by atoms with E-state index in [4.69, 9.17) is 4.74 Å². The van der Waals surface area contributed by atoms with E-state index < -0.39 is 0 Å². The molecule has 1 amide bonds. The van der Waals surface area contributed by atoms with E-state index in [0.717, 1.165) is 24.2 Å². The predicted molar refractivity (Wildman–Crippen MR) is 77.6 cm³/mol. The lowest BCUT2D eigenvalue weighted by Gasteiger charge is -2.11. The van der Waals surface area contributed by atoms with E-state index in [1.807, 2.05) is 31.2 Å². The maximum atomic E-state index is 11.6. The number of ether oxygens (including phenoxy) is 1. The highest BCUT2D eigenvalue weighted by Crippen LogP contribution is 2.32. The molecule has 2 rings (SSSR count). The smallest absolute Gasteiger partial charge is 0.220 e. The number of hydrogen-bond acceptors (Lipinski definition) is 3. The quantitative estimate of drug-likeness (QED) is 0.715. The highest BCUT2D eigenvalue weighted by molar-refractivity contribution is 5.75. The Kier molecular flexibility index (Phi) is 5.41. The topological polar surface area (TPSA) is 58.6 Å². The summed E-state index contributed by atoms with van der Waals surface area (Å²) in [6.07, 6.45) is 2.91. The molecule has 1 aliphatic carbocycles. The zero-order valence-electron chi connectivity index (χ0n) is 12.0. The van der Waals surface area contributed by atoms with Crippen molar-refractivity contribution in [2.75, 3.05) is 13.2 Å². The zero-order chi connectivity index (χ0) is 14.4. The first-order chi connectivity index (χ1) is 9.66. The minimum Gasteiger partial charge on any atom is -0.493 e. The number of aryl methyl sites for hydroxylation is 1. The molecule has 2 N–H and O–H groups in total. The number of aliphatic hydroxyl groups excluding tert-OH is 1. The molecule has 1 aromatic carbocycles. The van der Waals surface area contributed by atoms with Crippen molar-refractivity contribution in [1.82, 2.24) is 5.32 Å². The molecule has 4 nitrogen and oxygen atoms in total. The van der Waals surface area contributed by atoms with Crippen molar-refractivity contribution >= 4 is 5.91 Å². The predicted octanol–water partition coefficient (Wildman–Crippen LogP) is 2.04. The van der Waals surface area contributed by atoms with Crippen molar-refractivity contribution < 1.29 is 14.6 Å². The Balaban J connectivity index is 1.56. The molecule has 0 aromatic heterocycles. The van der Waals surface area contributed by atoms with Gasteiger partial charge in [0.15, 0.2) is 0 Å². The molecule has 1 atom stereocenters. The van der Waals surface area contributed by atoms with Crippen LogP contribution in [-0.4, -0.2) is 30.3 Å². The van der Waals surface area contributed by atoms with E-state index in [1.165, 1.54) is 0 Å². The van der Waals surface area contributed by atoms with Gasteiger partial charge in [-0.15, -0.1) is 0 Å². The van der Waals surface area contributed by atoms with E-state index in [2.05, 4.69) is 5.32 Å². The number of nitrogens with one attached hydrogen (secondary N) is 1. The standard InChI is InChI=1S/C16H23NO3/c1-12-5-2-3-6-15(12)20-10-4-7-16(19)17-11-14(18)13-8-9-13/h2-3,5-6,13-14,18H,4,7-11H2,1H3,(H,17,19). The third-order valence-electron chi connectivity index (χ3n) is 3.57. The molecule has 1 aromatic rings. The number of aliphatic hydroxyl groups is 1. The Morgan fingerprint density at radius 3 is 2.90 bits per heavy atom. The number of rotatable bonds is 8. The Hall–Kier alpha value is -1.55. The summed E-state index contributed by atoms with van der Waals surface area (Å²) in [7, 11) is 0. The van der Waals surface area contributed by atoms with Gasteiger partial charge in [0.25, 0.3) is 0 Å². The molecule has 20 heavy (non-hydrogen) atoms. The summed E-state index contributed by atoms with van der Waals surface area (Å²) >= 11 is 0. The first-order valence-corrected chi connectivity index (χ1v) is 7.30. The molecule has 4 heteroatoms. The second kappa shape index (κ2) is 7.29. The average Bonchev–Trinajstić information content (AvgIpc) is 3.27. The Labute approximate surface area is 120 Å². The van der Waals surface area contributed by atoms with Crippen LogP contribution < -0.4 is 10.1 Å². The number of benzene rings is 1. The van der Waals surface area contributed by atoms with Crippen LogP contribution >= 0.6 is 0 Å². The molecule has 0 spiro atoms. The van der Waals surface area contributed by atoms with Gasteiger partial charge in [0.2, 0.25) is 5.91 Å². The van der Waals surface area contributed by atoms with E-state index >= 15 is 0 Å². The largest absolute Gasteiger partial charge is 0.493 e. The fourth-order valence-corrected chi connectivity index (χ4v) is 2.09. The van der Waals surface area contributed by atoms with Crippen molar-refractivity contribution in [2.24, 2.45) is 5.92 Å². The number of carbonyl (C=O) groups excluding carboxylic acids is 1. The molecular formula is C16H23NO3. The van der Waals surface area contributed by atoms with E-state index in [0.29, 0.717) is 31.9 Å². The molecule has 110 valence electrons. The van der Waals surface area contributed by atoms with Crippen molar-refractivity contribution in [2.45, 2.75) is 38.7 Å². The highest BCUT2D eigenvalue weighted by atomic mass is 16.5. The number of hydrogen-bond donors (Lipinski definition) is 2. The fourth-order valence-electron chi connectivity index (χ4n) is 2.09. The van der Waals surface area contributed by atoms with Crippen molar-refractivity contribution in [1.29, 1.82) is 0 Å². The van der Waals surface area contributed by atoms with Crippen LogP contribution in [0.1, 0.15) is 31.2 Å². The van der Waals surface area contributed by atoms with E-state index in [-0.39, 0.29) is 12.0 Å². The Bertz CT molecular complexity index is 443. The summed E-state index contributed by atoms with van der Waals surface area (Å²) in [4.78, 5) is 11.6. The number of para-hydroxylation sites is 1. The maximum absolute atomic E-state index is 11.6. The molecule has 1 aliphatic rings. The number of carbonyl (C=O) groups is 1. The third-order valence-corrected chi connectivity index (χ3v) is 3.57. The first kappa shape index (κ1) is 14.9. The van der Waals surface area contributed by atoms with Crippen LogP contribution in [0.5, 0.6) is 5.75 Å². The number of amides is 1. The molecule has 1 saturated carbocycles. The SMILES string of the molecule is Cc1ccccc1OCCCC(=O)NCC(O)C1CC1. The summed E-state index contributed by atoms with van der Waals surface area (Å²) in [6, 6.07) is 7.85. The maximum Gasteiger partial charge on any atom is 0.220 e. The van der Waals surface area contributed by atoms with Gasteiger partial charge in [-0.2, -0.15) is 0 Å². The van der Waals surface area contributed by atoms with E-state index in [9.17, 15) is 9.90 Å². The van der Waals surface area contributed by atoms with Gasteiger partial charge in [-0.05, 0) is 43.7 Å². The lowest BCUT2D eigenvalue weighted by molar-refractivity contribution is -0.121. The van der Waals surface area contributed by atoms with Gasteiger partial charge in [-0.25, -0.2) is 0 Å². The van der Waals surface area contributed by atoms with Crippen LogP contribution in [0.4, 0.5) is 0 Å². The summed E-state index contributed by atoms with van der Waals surface area (Å²) in [5.74, 6) is 1.26. The Morgan fingerprint density at radius 1 is 1.45 bits per heavy atom. The molecule has 0 saturated heterocycles. The molecule has 1 fully saturated rings. The lowest BCUT2D eigenvalue weighted by Crippen LogP contribution is -2.33. The van der Waals surface area contributed by atoms with Crippen LogP contribution in [0.3, 0.4) is 0 Å². The van der Waals surface area contributed by atoms with Gasteiger partial charge >= 0.3 is 0 Å². The summed E-state index contributed by atoms with van der Waals surface area (Å²) < 4.78 is 5.63. The van der Waals surface area contributed by atoms with Gasteiger partial charge in [0.05, 0.1) is 12.7 Å². The minimum absolute atomic E-state index is 0.0157. The van der Waals surface area contributed by atoms with Crippen LogP contribution in [-0.2, 0) is 4.79 Å². The van der Waals surface area contributed by atoms with Gasteiger partial charge in [0, 0.05) is 13.0 Å². The average molecular weight is 277 g/mol. The summed E-state index contributed by atoms with van der Waals surface area (Å²) in [5.41, 5.74) is 1.10. The van der Waals surface area contributed by atoms with Crippen LogP contribution in [0.2, 0.25) is 0 Å². The molecule has 0 heterocycles. The monoisotopic (exact) mass is 277 g/mol. The van der Waals surface area contributed by atoms with E-state index in [1.54, 1.807) is 0 Å². The highest BCUT2D eigenvalue weighted by Gasteiger charge is 2.29. The molecule has 0 bridgehead atoms. The second-order valence-electron chi connectivity index (χ2n) is 5.43. The molecule has 1 unspecified atom stereocenters. The summed E-state index contributed by atoms with van der Waals surface area (Å²) in [6.45, 7) is 2.91. The van der Waals surface area contributed by atoms with Gasteiger partial charge in [-0.1, -0.05) is 18.2 Å². The lowest BCUT2D eigenvalue weighted by atomic mass is 10.2. The van der Waals surface area contributed by atoms with Crippen LogP contribution in [0.25, 0.3) is 0 Å². The normalized spacial score (nSPS) is 15.7. The fraction of sp³-hybridized carbons (Fsp3) is 0.562. The van der Waals surface area contributed by atoms with Crippen LogP contribution in [0, 0.1) is 12.8 Å². The van der Waals surface area contributed by atoms with Gasteiger partial charge in [0.1, 0.15) is 5.75 Å². The van der Waals surface area contributed by atoms with Gasteiger partial charge in [-0.3, -0.25) is 4.79 Å². The first-order valence-electron chi connectivity index (χ1n) is 7.30. The van der Waals surface area contributed by atoms with Crippen molar-refractivity contribution in [3.05, 3.63) is 29.8 Å². The Morgan fingerprint density at radius 2 is 2.20 bits per heavy atom. The summed E-state index contributed by atoms with van der Waals surface area (Å²) in [5, 5.41) is 12.4. The van der Waals surface area contributed by atoms with Crippen LogP contribution in [0.15, 0.2) is 24.3 Å². The third kappa shape index (κ3) is 4.85. The second-order valence-corrected chi connectivity index (χ2v) is 5.43.